The Morgan fingerprint density at radius 3 is 2.26 bits per heavy atom. The first-order chi connectivity index (χ1) is 18.4. The van der Waals surface area contributed by atoms with Gasteiger partial charge in [-0.1, -0.05) is 60.2 Å². The lowest BCUT2D eigenvalue weighted by Gasteiger charge is -2.33. The van der Waals surface area contributed by atoms with Crippen LogP contribution < -0.4 is 16.4 Å². The van der Waals surface area contributed by atoms with Gasteiger partial charge in [-0.3, -0.25) is 14.4 Å². The third kappa shape index (κ3) is 8.04. The van der Waals surface area contributed by atoms with Crippen molar-refractivity contribution in [3.8, 4) is 0 Å². The summed E-state index contributed by atoms with van der Waals surface area (Å²) in [7, 11) is 0. The molecule has 4 amide bonds. The van der Waals surface area contributed by atoms with Gasteiger partial charge in [0.25, 0.3) is 5.91 Å². The Balaban J connectivity index is 1.97. The van der Waals surface area contributed by atoms with Gasteiger partial charge < -0.3 is 26.0 Å². The van der Waals surface area contributed by atoms with Crippen molar-refractivity contribution < 1.29 is 23.9 Å². The lowest BCUT2D eigenvalue weighted by Crippen LogP contribution is -2.53. The van der Waals surface area contributed by atoms with Crippen LogP contribution in [-0.4, -0.2) is 46.9 Å². The molecule has 0 fully saturated rings. The van der Waals surface area contributed by atoms with Crippen molar-refractivity contribution in [3.63, 3.8) is 0 Å². The minimum Gasteiger partial charge on any atom is -0.444 e. The van der Waals surface area contributed by atoms with Crippen molar-refractivity contribution in [2.75, 3.05) is 11.9 Å². The summed E-state index contributed by atoms with van der Waals surface area (Å²) in [6.45, 7) is 8.77. The van der Waals surface area contributed by atoms with Gasteiger partial charge >= 0.3 is 6.09 Å². The van der Waals surface area contributed by atoms with Crippen molar-refractivity contribution in [2.24, 2.45) is 5.73 Å². The Labute approximate surface area is 228 Å². The molecule has 3 aromatic carbocycles. The average Bonchev–Trinajstić information content (AvgIpc) is 2.84. The van der Waals surface area contributed by atoms with Crippen LogP contribution in [0.2, 0.25) is 0 Å². The monoisotopic (exact) mass is 532 g/mol. The molecule has 9 heteroatoms. The number of carbonyl (C=O) groups is 4. The molecule has 0 saturated carbocycles. The zero-order valence-electron chi connectivity index (χ0n) is 23.0. The summed E-state index contributed by atoms with van der Waals surface area (Å²) in [4.78, 5) is 53.3. The van der Waals surface area contributed by atoms with Gasteiger partial charge in [-0.25, -0.2) is 4.79 Å². The molecule has 3 aromatic rings. The molecule has 0 bridgehead atoms. The molecule has 2 atom stereocenters. The number of rotatable bonds is 9. The molecule has 0 saturated heterocycles. The zero-order valence-corrected chi connectivity index (χ0v) is 23.0. The predicted octanol–water partition coefficient (Wildman–Crippen LogP) is 4.45. The molecule has 0 radical (unpaired) electrons. The highest BCUT2D eigenvalue weighted by molar-refractivity contribution is 6.01. The van der Waals surface area contributed by atoms with Gasteiger partial charge in [-0.15, -0.1) is 0 Å². The number of fused-ring (bicyclic) bond motifs is 1. The lowest BCUT2D eigenvalue weighted by atomic mass is 10.00. The summed E-state index contributed by atoms with van der Waals surface area (Å²) >= 11 is 0. The SMILES string of the molecule is CCN(C(=O)C(CC(N)=O)NC(=O)OC(C)(C)C)C(C(=O)Nc1ccc2ccccc2c1)c1cccc(C)c1. The largest absolute Gasteiger partial charge is 0.444 e. The van der Waals surface area contributed by atoms with E-state index in [1.54, 1.807) is 45.9 Å². The molecule has 2 unspecified atom stereocenters. The minimum atomic E-state index is -1.32. The van der Waals surface area contributed by atoms with Gasteiger partial charge in [0.1, 0.15) is 17.7 Å². The van der Waals surface area contributed by atoms with Crippen LogP contribution in [0.25, 0.3) is 10.8 Å². The number of likely N-dealkylation sites (N-methyl/N-ethyl adjacent to an activating group) is 1. The van der Waals surface area contributed by atoms with Gasteiger partial charge in [0.05, 0.1) is 6.42 Å². The Bertz CT molecular complexity index is 1360. The first-order valence-electron chi connectivity index (χ1n) is 12.8. The second kappa shape index (κ2) is 12.4. The summed E-state index contributed by atoms with van der Waals surface area (Å²) in [6.07, 6.45) is -1.33. The van der Waals surface area contributed by atoms with Gasteiger partial charge in [0.2, 0.25) is 11.8 Å². The molecule has 9 nitrogen and oxygen atoms in total. The summed E-state index contributed by atoms with van der Waals surface area (Å²) in [5.41, 5.74) is 6.64. The first-order valence-corrected chi connectivity index (χ1v) is 12.8. The second-order valence-electron chi connectivity index (χ2n) is 10.4. The van der Waals surface area contributed by atoms with Crippen LogP contribution >= 0.6 is 0 Å². The quantitative estimate of drug-likeness (QED) is 0.375. The van der Waals surface area contributed by atoms with E-state index in [0.29, 0.717) is 11.3 Å². The first kappa shape index (κ1) is 29.2. The smallest absolute Gasteiger partial charge is 0.408 e. The Morgan fingerprint density at radius 2 is 1.64 bits per heavy atom. The molecule has 39 heavy (non-hydrogen) atoms. The van der Waals surface area contributed by atoms with Crippen LogP contribution in [0.15, 0.2) is 66.7 Å². The number of aryl methyl sites for hydroxylation is 1. The van der Waals surface area contributed by atoms with Gasteiger partial charge in [-0.05, 0) is 63.1 Å². The van der Waals surface area contributed by atoms with Crippen molar-refractivity contribution in [2.45, 2.75) is 58.7 Å². The molecule has 206 valence electrons. The number of benzene rings is 3. The molecule has 3 rings (SSSR count). The Morgan fingerprint density at radius 1 is 0.949 bits per heavy atom. The number of amides is 4. The van der Waals surface area contributed by atoms with E-state index in [-0.39, 0.29) is 6.54 Å². The highest BCUT2D eigenvalue weighted by Gasteiger charge is 2.36. The minimum absolute atomic E-state index is 0.119. The van der Waals surface area contributed by atoms with E-state index >= 15 is 0 Å². The summed E-state index contributed by atoms with van der Waals surface area (Å²) in [6, 6.07) is 18.2. The molecule has 0 aromatic heterocycles. The van der Waals surface area contributed by atoms with Crippen LogP contribution in [0.4, 0.5) is 10.5 Å². The van der Waals surface area contributed by atoms with Gasteiger partial charge in [0, 0.05) is 12.2 Å². The second-order valence-corrected chi connectivity index (χ2v) is 10.4. The summed E-state index contributed by atoms with van der Waals surface area (Å²) in [5, 5.41) is 7.38. The number of ether oxygens (including phenoxy) is 1. The number of nitrogens with zero attached hydrogens (tertiary/aromatic N) is 1. The molecule has 0 heterocycles. The fraction of sp³-hybridized carbons (Fsp3) is 0.333. The van der Waals surface area contributed by atoms with Crippen molar-refractivity contribution >= 4 is 40.3 Å². The maximum absolute atomic E-state index is 13.8. The lowest BCUT2D eigenvalue weighted by molar-refractivity contribution is -0.141. The molecule has 0 aliphatic heterocycles. The van der Waals surface area contributed by atoms with Crippen LogP contribution in [0.1, 0.15) is 51.3 Å². The van der Waals surface area contributed by atoms with Crippen LogP contribution in [0.3, 0.4) is 0 Å². The number of carbonyl (C=O) groups excluding carboxylic acids is 4. The molecule has 4 N–H and O–H groups in total. The molecule has 0 spiro atoms. The topological polar surface area (TPSA) is 131 Å². The molecule has 0 aliphatic carbocycles. The number of alkyl carbamates (subject to hydrolysis) is 1. The standard InChI is InChI=1S/C30H36N4O5/c1-6-34(28(37)24(18-25(31)35)33-29(38)39-30(3,4)5)26(22-13-9-10-19(2)16-22)27(36)32-23-15-14-20-11-7-8-12-21(20)17-23/h7-17,24,26H,6,18H2,1-5H3,(H2,31,35)(H,32,36)(H,33,38). The summed E-state index contributed by atoms with van der Waals surface area (Å²) in [5.74, 6) is -1.86. The van der Waals surface area contributed by atoms with E-state index in [9.17, 15) is 19.2 Å². The fourth-order valence-electron chi connectivity index (χ4n) is 4.31. The number of anilines is 1. The number of nitrogens with one attached hydrogen (secondary N) is 2. The van der Waals surface area contributed by atoms with Crippen LogP contribution in [0, 0.1) is 6.92 Å². The maximum atomic E-state index is 13.8. The summed E-state index contributed by atoms with van der Waals surface area (Å²) < 4.78 is 5.28. The zero-order chi connectivity index (χ0) is 28.7. The van der Waals surface area contributed by atoms with E-state index in [2.05, 4.69) is 10.6 Å². The van der Waals surface area contributed by atoms with Crippen LogP contribution in [0.5, 0.6) is 0 Å². The fourth-order valence-corrected chi connectivity index (χ4v) is 4.31. The third-order valence-electron chi connectivity index (χ3n) is 5.95. The highest BCUT2D eigenvalue weighted by atomic mass is 16.6. The van der Waals surface area contributed by atoms with E-state index in [0.717, 1.165) is 16.3 Å². The number of hydrogen-bond acceptors (Lipinski definition) is 5. The Kier molecular flexibility index (Phi) is 9.29. The number of hydrogen-bond donors (Lipinski definition) is 3. The van der Waals surface area contributed by atoms with E-state index < -0.39 is 47.9 Å². The van der Waals surface area contributed by atoms with E-state index in [1.165, 1.54) is 4.90 Å². The van der Waals surface area contributed by atoms with Crippen molar-refractivity contribution in [3.05, 3.63) is 77.9 Å². The van der Waals surface area contributed by atoms with Crippen LogP contribution in [-0.2, 0) is 19.1 Å². The molecular formula is C30H36N4O5. The number of primary amides is 1. The maximum Gasteiger partial charge on any atom is 0.408 e. The van der Waals surface area contributed by atoms with Gasteiger partial charge in [-0.2, -0.15) is 0 Å². The van der Waals surface area contributed by atoms with E-state index in [1.807, 2.05) is 55.5 Å². The van der Waals surface area contributed by atoms with E-state index in [4.69, 9.17) is 10.5 Å². The highest BCUT2D eigenvalue weighted by Crippen LogP contribution is 2.26. The Hall–Kier alpha value is -4.40. The normalized spacial score (nSPS) is 12.7. The van der Waals surface area contributed by atoms with Crippen molar-refractivity contribution in [1.82, 2.24) is 10.2 Å². The molecular weight excluding hydrogens is 496 g/mol. The number of nitrogens with two attached hydrogens (primary N) is 1. The van der Waals surface area contributed by atoms with Gasteiger partial charge in [0.15, 0.2) is 0 Å². The predicted molar refractivity (Wildman–Crippen MR) is 151 cm³/mol. The average molecular weight is 533 g/mol. The molecule has 0 aliphatic rings. The van der Waals surface area contributed by atoms with Crippen molar-refractivity contribution in [1.29, 1.82) is 0 Å². The third-order valence-corrected chi connectivity index (χ3v) is 5.95.